The monoisotopic (exact) mass is 266 g/mol. The molecule has 2 heteroatoms. The van der Waals surface area contributed by atoms with Gasteiger partial charge in [0.05, 0.1) is 12.2 Å². The molecule has 0 amide bonds. The predicted octanol–water partition coefficient (Wildman–Crippen LogP) is 3.69. The second kappa shape index (κ2) is 6.71. The van der Waals surface area contributed by atoms with Crippen molar-refractivity contribution in [3.8, 4) is 0 Å². The summed E-state index contributed by atoms with van der Waals surface area (Å²) in [5, 5.41) is 18.3. The Bertz CT molecular complexity index is 339. The van der Waals surface area contributed by atoms with Crippen molar-refractivity contribution >= 4 is 0 Å². The van der Waals surface area contributed by atoms with Crippen molar-refractivity contribution in [3.05, 3.63) is 23.8 Å². The van der Waals surface area contributed by atoms with Crippen LogP contribution in [-0.4, -0.2) is 22.4 Å². The molecule has 2 bridgehead atoms. The van der Waals surface area contributed by atoms with Gasteiger partial charge in [-0.15, -0.1) is 0 Å². The molecule has 0 aromatic carbocycles. The molecular formula is C17H30O2. The van der Waals surface area contributed by atoms with E-state index in [1.807, 2.05) is 18.2 Å². The largest absolute Gasteiger partial charge is 0.389 e. The zero-order valence-corrected chi connectivity index (χ0v) is 13.1. The van der Waals surface area contributed by atoms with Crippen molar-refractivity contribution < 1.29 is 10.2 Å². The fourth-order valence-corrected chi connectivity index (χ4v) is 3.27. The van der Waals surface area contributed by atoms with E-state index in [1.165, 1.54) is 12.0 Å². The molecule has 0 aliphatic heterocycles. The molecule has 4 unspecified atom stereocenters. The van der Waals surface area contributed by atoms with Crippen LogP contribution in [0.2, 0.25) is 0 Å². The van der Waals surface area contributed by atoms with E-state index in [2.05, 4.69) is 27.7 Å². The highest BCUT2D eigenvalue weighted by Crippen LogP contribution is 2.58. The molecule has 2 N–H and O–H groups in total. The van der Waals surface area contributed by atoms with E-state index < -0.39 is 0 Å². The van der Waals surface area contributed by atoms with E-state index in [1.54, 1.807) is 6.92 Å². The van der Waals surface area contributed by atoms with Crippen molar-refractivity contribution in [3.63, 3.8) is 0 Å². The van der Waals surface area contributed by atoms with E-state index >= 15 is 0 Å². The van der Waals surface area contributed by atoms with Crippen LogP contribution in [-0.2, 0) is 0 Å². The molecule has 1 fully saturated rings. The number of unbranched alkanes of at least 4 members (excludes halogenated alkanes) is 1. The first-order chi connectivity index (χ1) is 8.80. The van der Waals surface area contributed by atoms with E-state index in [4.69, 9.17) is 5.11 Å². The Morgan fingerprint density at radius 1 is 1.47 bits per heavy atom. The minimum absolute atomic E-state index is 0.171. The summed E-state index contributed by atoms with van der Waals surface area (Å²) in [6.45, 7) is 10.6. The number of rotatable bonds is 3. The van der Waals surface area contributed by atoms with Gasteiger partial charge in [-0.1, -0.05) is 51.0 Å². The van der Waals surface area contributed by atoms with Crippen LogP contribution in [0.3, 0.4) is 0 Å². The molecule has 0 radical (unpaired) electrons. The summed E-state index contributed by atoms with van der Waals surface area (Å²) in [4.78, 5) is 0. The maximum Gasteiger partial charge on any atom is 0.0757 e. The molecule has 19 heavy (non-hydrogen) atoms. The Balaban J connectivity index is 0.000000203. The van der Waals surface area contributed by atoms with Gasteiger partial charge in [0.25, 0.3) is 0 Å². The Hall–Kier alpha value is -0.600. The number of fused-ring (bicyclic) bond motifs is 1. The SMILES string of the molecule is CC1=CC(O)C2CC1C2(C)C.CCC/C=C/C(C)O. The first-order valence-corrected chi connectivity index (χ1v) is 7.51. The highest BCUT2D eigenvalue weighted by atomic mass is 16.3. The molecule has 110 valence electrons. The molecule has 2 nitrogen and oxygen atoms in total. The van der Waals surface area contributed by atoms with Crippen molar-refractivity contribution in [1.29, 1.82) is 0 Å². The lowest BCUT2D eigenvalue weighted by molar-refractivity contribution is -0.0760. The smallest absolute Gasteiger partial charge is 0.0757 e. The van der Waals surface area contributed by atoms with E-state index in [0.29, 0.717) is 11.3 Å². The van der Waals surface area contributed by atoms with Gasteiger partial charge in [-0.25, -0.2) is 0 Å². The maximum absolute atomic E-state index is 9.65. The first-order valence-electron chi connectivity index (χ1n) is 7.51. The number of allylic oxidation sites excluding steroid dienone is 2. The Labute approximate surface area is 118 Å². The summed E-state index contributed by atoms with van der Waals surface area (Å²) in [7, 11) is 0. The van der Waals surface area contributed by atoms with Crippen LogP contribution in [0.15, 0.2) is 23.8 Å². The second-order valence-electron chi connectivity index (χ2n) is 6.57. The zero-order valence-electron chi connectivity index (χ0n) is 13.1. The fourth-order valence-electron chi connectivity index (χ4n) is 3.27. The fraction of sp³-hybridized carbons (Fsp3) is 0.765. The second-order valence-corrected chi connectivity index (χ2v) is 6.57. The van der Waals surface area contributed by atoms with Crippen molar-refractivity contribution in [1.82, 2.24) is 0 Å². The average molecular weight is 266 g/mol. The van der Waals surface area contributed by atoms with Crippen molar-refractivity contribution in [2.75, 3.05) is 0 Å². The van der Waals surface area contributed by atoms with Gasteiger partial charge in [-0.3, -0.25) is 0 Å². The summed E-state index contributed by atoms with van der Waals surface area (Å²) < 4.78 is 0. The molecule has 3 aliphatic carbocycles. The molecule has 3 aliphatic rings. The normalized spacial score (nSPS) is 33.0. The molecule has 0 spiro atoms. The first kappa shape index (κ1) is 16.5. The summed E-state index contributed by atoms with van der Waals surface area (Å²) in [6, 6.07) is 0. The standard InChI is InChI=1S/C10H16O.C7H14O/c1-6-4-9(11)8-5-7(6)10(8,2)3;1-3-4-5-6-7(2)8/h4,7-9,11H,5H2,1-3H3;5-8H,3-4H2,1-2H3/b;6-5+. The molecule has 0 aromatic heterocycles. The molecule has 0 saturated heterocycles. The molecule has 4 atom stereocenters. The van der Waals surface area contributed by atoms with Gasteiger partial charge < -0.3 is 10.2 Å². The predicted molar refractivity (Wildman–Crippen MR) is 80.9 cm³/mol. The molecule has 0 heterocycles. The quantitative estimate of drug-likeness (QED) is 0.765. The number of aliphatic hydroxyl groups excluding tert-OH is 2. The van der Waals surface area contributed by atoms with Gasteiger partial charge >= 0.3 is 0 Å². The molecule has 0 aromatic rings. The van der Waals surface area contributed by atoms with E-state index in [0.717, 1.165) is 18.8 Å². The highest BCUT2D eigenvalue weighted by molar-refractivity contribution is 5.24. The third-order valence-corrected chi connectivity index (χ3v) is 4.61. The Morgan fingerprint density at radius 2 is 2.11 bits per heavy atom. The number of hydrogen-bond acceptors (Lipinski definition) is 2. The van der Waals surface area contributed by atoms with E-state index in [-0.39, 0.29) is 12.2 Å². The lowest BCUT2D eigenvalue weighted by Crippen LogP contribution is -2.53. The third-order valence-electron chi connectivity index (χ3n) is 4.61. The minimum Gasteiger partial charge on any atom is -0.389 e. The van der Waals surface area contributed by atoms with Crippen LogP contribution in [0.1, 0.15) is 53.9 Å². The molecule has 3 rings (SSSR count). The van der Waals surface area contributed by atoms with Gasteiger partial charge in [0.1, 0.15) is 0 Å². The van der Waals surface area contributed by atoms with Gasteiger partial charge in [0, 0.05) is 0 Å². The van der Waals surface area contributed by atoms with Crippen LogP contribution in [0, 0.1) is 17.3 Å². The molecular weight excluding hydrogens is 236 g/mol. The lowest BCUT2D eigenvalue weighted by Gasteiger charge is -2.57. The van der Waals surface area contributed by atoms with Gasteiger partial charge in [-0.05, 0) is 43.9 Å². The number of hydrogen-bond donors (Lipinski definition) is 2. The van der Waals surface area contributed by atoms with Crippen LogP contribution >= 0.6 is 0 Å². The van der Waals surface area contributed by atoms with E-state index in [9.17, 15) is 5.11 Å². The topological polar surface area (TPSA) is 40.5 Å². The van der Waals surface area contributed by atoms with Crippen LogP contribution in [0.5, 0.6) is 0 Å². The minimum atomic E-state index is -0.276. The van der Waals surface area contributed by atoms with Crippen LogP contribution in [0.25, 0.3) is 0 Å². The Kier molecular flexibility index (Phi) is 5.82. The maximum atomic E-state index is 9.65. The average Bonchev–Trinajstić information content (AvgIpc) is 2.27. The lowest BCUT2D eigenvalue weighted by atomic mass is 9.48. The summed E-state index contributed by atoms with van der Waals surface area (Å²) >= 11 is 0. The third kappa shape index (κ3) is 3.93. The summed E-state index contributed by atoms with van der Waals surface area (Å²) in [5.41, 5.74) is 1.75. The van der Waals surface area contributed by atoms with Crippen molar-refractivity contribution in [2.45, 2.75) is 66.1 Å². The Morgan fingerprint density at radius 3 is 2.47 bits per heavy atom. The van der Waals surface area contributed by atoms with Gasteiger partial charge in [-0.2, -0.15) is 0 Å². The highest BCUT2D eigenvalue weighted by Gasteiger charge is 2.53. The molecule has 1 saturated carbocycles. The summed E-state index contributed by atoms with van der Waals surface area (Å²) in [6.07, 6.45) is 8.83. The van der Waals surface area contributed by atoms with Gasteiger partial charge in [0.2, 0.25) is 0 Å². The van der Waals surface area contributed by atoms with Crippen molar-refractivity contribution in [2.24, 2.45) is 17.3 Å². The van der Waals surface area contributed by atoms with Crippen LogP contribution in [0.4, 0.5) is 0 Å². The number of aliphatic hydroxyl groups is 2. The van der Waals surface area contributed by atoms with Crippen LogP contribution < -0.4 is 0 Å². The zero-order chi connectivity index (χ0) is 14.6. The van der Waals surface area contributed by atoms with Gasteiger partial charge in [0.15, 0.2) is 0 Å². The summed E-state index contributed by atoms with van der Waals surface area (Å²) in [5.74, 6) is 1.27.